The van der Waals surface area contributed by atoms with Crippen molar-refractivity contribution in [3.63, 3.8) is 0 Å². The number of hydrogen-bond acceptors (Lipinski definition) is 11. The molecule has 19 heteroatoms. The molecule has 0 radical (unpaired) electrons. The van der Waals surface area contributed by atoms with Crippen molar-refractivity contribution in [1.29, 1.82) is 0 Å². The molecule has 0 spiro atoms. The van der Waals surface area contributed by atoms with Crippen molar-refractivity contribution in [2.24, 2.45) is 0 Å². The first-order valence-electron chi connectivity index (χ1n) is 18.5. The molecule has 0 unspecified atom stereocenters. The van der Waals surface area contributed by atoms with Gasteiger partial charge in [-0.2, -0.15) is 3.71 Å². The molecule has 2 aliphatic carbocycles. The van der Waals surface area contributed by atoms with Crippen molar-refractivity contribution < 1.29 is 62.3 Å². The SMILES string of the molecule is CCOC(=O)c1c(-c2ccc(F)cc2)oc2cc(N(S(C)(=O)=O)S(C)(=O)=O)c(C3CC3)cc12.CS(=O)(=O)Nc1cc2oc(-c3ccc(F)cc3)c(C(=O)O)c2cc1C1CC1. The highest BCUT2D eigenvalue weighted by molar-refractivity contribution is 8.09. The van der Waals surface area contributed by atoms with Crippen LogP contribution >= 0.6 is 0 Å². The molecule has 60 heavy (non-hydrogen) atoms. The zero-order valence-electron chi connectivity index (χ0n) is 32.5. The van der Waals surface area contributed by atoms with Gasteiger partial charge in [0.25, 0.3) is 0 Å². The molecule has 4 aromatic carbocycles. The standard InChI is InChI=1S/C22H22FNO7S2.C19H16FNO5S/c1-4-30-22(25)20-17-11-16(13-5-6-13)18(24(32(2,26)27)33(3,28)29)12-19(17)31-21(20)14-7-9-15(23)10-8-14;1-27(24,25)21-15-9-16-14(8-13(15)10-2-3-10)17(19(22)23)18(26-16)11-4-6-12(20)7-5-11/h7-13H,4-6H2,1-3H3;4-10,21H,2-3H2,1H3,(H,22,23). The number of sulfonamides is 3. The Morgan fingerprint density at radius 1 is 0.717 bits per heavy atom. The van der Waals surface area contributed by atoms with Gasteiger partial charge in [0.2, 0.25) is 30.1 Å². The number of carboxylic acids is 1. The van der Waals surface area contributed by atoms with E-state index in [9.17, 15) is 48.7 Å². The number of halogens is 2. The maximum atomic E-state index is 13.5. The van der Waals surface area contributed by atoms with Crippen LogP contribution < -0.4 is 8.43 Å². The number of anilines is 2. The molecular formula is C41H38F2N2O12S3. The first kappa shape index (κ1) is 42.3. The first-order valence-corrected chi connectivity index (χ1v) is 24.0. The van der Waals surface area contributed by atoms with Crippen LogP contribution in [0.25, 0.3) is 44.6 Å². The Labute approximate surface area is 343 Å². The fourth-order valence-electron chi connectivity index (χ4n) is 7.04. The molecule has 6 aromatic rings. The van der Waals surface area contributed by atoms with Crippen molar-refractivity contribution in [1.82, 2.24) is 0 Å². The van der Waals surface area contributed by atoms with E-state index >= 15 is 0 Å². The van der Waals surface area contributed by atoms with Gasteiger partial charge in [-0.1, -0.05) is 0 Å². The Kier molecular flexibility index (Phi) is 11.1. The number of nitrogens with zero attached hydrogens (tertiary/aromatic N) is 1. The minimum absolute atomic E-state index is 0.0237. The number of carbonyl (C=O) groups excluding carboxylic acids is 1. The summed E-state index contributed by atoms with van der Waals surface area (Å²) < 4.78 is 120. The minimum Gasteiger partial charge on any atom is -0.478 e. The molecule has 316 valence electrons. The summed E-state index contributed by atoms with van der Waals surface area (Å²) in [5, 5.41) is 10.5. The molecule has 0 amide bonds. The van der Waals surface area contributed by atoms with Gasteiger partial charge >= 0.3 is 11.9 Å². The Morgan fingerprint density at radius 3 is 1.62 bits per heavy atom. The second kappa shape index (κ2) is 15.7. The predicted octanol–water partition coefficient (Wildman–Crippen LogP) is 8.20. The summed E-state index contributed by atoms with van der Waals surface area (Å²) >= 11 is 0. The monoisotopic (exact) mass is 884 g/mol. The maximum Gasteiger partial charge on any atom is 0.342 e. The highest BCUT2D eigenvalue weighted by Gasteiger charge is 2.37. The van der Waals surface area contributed by atoms with Crippen LogP contribution in [-0.2, 0) is 34.8 Å². The van der Waals surface area contributed by atoms with E-state index in [0.29, 0.717) is 36.9 Å². The van der Waals surface area contributed by atoms with Crippen molar-refractivity contribution in [3.8, 4) is 22.6 Å². The van der Waals surface area contributed by atoms with Crippen LogP contribution in [0.5, 0.6) is 0 Å². The lowest BCUT2D eigenvalue weighted by Crippen LogP contribution is -2.35. The van der Waals surface area contributed by atoms with Gasteiger partial charge in [0, 0.05) is 34.0 Å². The molecule has 2 N–H and O–H groups in total. The van der Waals surface area contributed by atoms with Crippen LogP contribution in [0.15, 0.2) is 81.6 Å². The van der Waals surface area contributed by atoms with Gasteiger partial charge < -0.3 is 18.7 Å². The van der Waals surface area contributed by atoms with E-state index < -0.39 is 53.6 Å². The highest BCUT2D eigenvalue weighted by Crippen LogP contribution is 2.49. The number of benzene rings is 4. The van der Waals surface area contributed by atoms with Gasteiger partial charge in [0.15, 0.2) is 0 Å². The molecule has 2 fully saturated rings. The number of hydrogen-bond donors (Lipinski definition) is 2. The summed E-state index contributed by atoms with van der Waals surface area (Å²) in [5.74, 6) is -2.39. The summed E-state index contributed by atoms with van der Waals surface area (Å²) in [6.45, 7) is 1.76. The van der Waals surface area contributed by atoms with Gasteiger partial charge in [-0.25, -0.2) is 43.6 Å². The third kappa shape index (κ3) is 8.87. The molecular weight excluding hydrogens is 847 g/mol. The van der Waals surface area contributed by atoms with Crippen molar-refractivity contribution >= 4 is 75.3 Å². The van der Waals surface area contributed by atoms with Gasteiger partial charge in [0.05, 0.1) is 36.7 Å². The lowest BCUT2D eigenvalue weighted by molar-refractivity contribution is 0.0528. The largest absolute Gasteiger partial charge is 0.478 e. The number of fused-ring (bicyclic) bond motifs is 2. The van der Waals surface area contributed by atoms with Gasteiger partial charge in [0.1, 0.15) is 45.4 Å². The van der Waals surface area contributed by atoms with Crippen LogP contribution in [-0.4, -0.2) is 67.7 Å². The van der Waals surface area contributed by atoms with Crippen LogP contribution in [0.1, 0.15) is 76.3 Å². The van der Waals surface area contributed by atoms with E-state index in [1.165, 1.54) is 60.7 Å². The molecule has 2 saturated carbocycles. The smallest absolute Gasteiger partial charge is 0.342 e. The molecule has 8 rings (SSSR count). The predicted molar refractivity (Wildman–Crippen MR) is 221 cm³/mol. The average molecular weight is 885 g/mol. The number of carbonyl (C=O) groups is 2. The van der Waals surface area contributed by atoms with E-state index in [4.69, 9.17) is 13.6 Å². The van der Waals surface area contributed by atoms with E-state index in [1.54, 1.807) is 19.1 Å². The summed E-state index contributed by atoms with van der Waals surface area (Å²) in [5.41, 5.74) is 2.87. The Morgan fingerprint density at radius 2 is 1.17 bits per heavy atom. The molecule has 0 saturated heterocycles. The van der Waals surface area contributed by atoms with Crippen molar-refractivity contribution in [2.45, 2.75) is 44.4 Å². The molecule has 0 atom stereocenters. The Balaban J connectivity index is 0.000000185. The molecule has 14 nitrogen and oxygen atoms in total. The minimum atomic E-state index is -4.19. The number of aromatic carboxylic acids is 1. The zero-order valence-corrected chi connectivity index (χ0v) is 34.9. The topological polar surface area (TPSA) is 208 Å². The number of nitrogens with one attached hydrogen (secondary N) is 1. The van der Waals surface area contributed by atoms with E-state index in [-0.39, 0.29) is 57.9 Å². The molecule has 0 aliphatic heterocycles. The second-order valence-corrected chi connectivity index (χ2v) is 20.3. The second-order valence-electron chi connectivity index (χ2n) is 14.6. The third-order valence-corrected chi connectivity index (χ3v) is 13.5. The maximum absolute atomic E-state index is 13.5. The van der Waals surface area contributed by atoms with E-state index in [0.717, 1.165) is 50.0 Å². The summed E-state index contributed by atoms with van der Waals surface area (Å²) in [7, 11) is -11.9. The zero-order chi connectivity index (χ0) is 43.5. The third-order valence-electron chi connectivity index (χ3n) is 9.73. The number of esters is 1. The lowest BCUT2D eigenvalue weighted by Gasteiger charge is -2.22. The normalized spacial score (nSPS) is 14.4. The van der Waals surface area contributed by atoms with E-state index in [1.807, 2.05) is 0 Å². The van der Waals surface area contributed by atoms with Gasteiger partial charge in [-0.15, -0.1) is 0 Å². The molecule has 2 aromatic heterocycles. The number of carboxylic acid groups (broad SMARTS) is 1. The van der Waals surface area contributed by atoms with Crippen LogP contribution in [0.2, 0.25) is 0 Å². The summed E-state index contributed by atoms with van der Waals surface area (Å²) in [6, 6.07) is 16.8. The first-order chi connectivity index (χ1) is 28.1. The van der Waals surface area contributed by atoms with Gasteiger partial charge in [-0.3, -0.25) is 4.72 Å². The number of ether oxygens (including phenoxy) is 1. The van der Waals surface area contributed by atoms with Crippen molar-refractivity contribution in [3.05, 3.63) is 107 Å². The van der Waals surface area contributed by atoms with Crippen LogP contribution in [0.3, 0.4) is 0 Å². The fourth-order valence-corrected chi connectivity index (χ4v) is 10.6. The fraction of sp³-hybridized carbons (Fsp3) is 0.268. The highest BCUT2D eigenvalue weighted by atomic mass is 32.3. The molecule has 0 bridgehead atoms. The quantitative estimate of drug-likeness (QED) is 0.112. The summed E-state index contributed by atoms with van der Waals surface area (Å²) in [6.07, 6.45) is 6.00. The Hall–Kier alpha value is -5.79. The number of furan rings is 2. The Bertz CT molecular complexity index is 2990. The van der Waals surface area contributed by atoms with E-state index in [2.05, 4.69) is 4.72 Å². The summed E-state index contributed by atoms with van der Waals surface area (Å²) in [4.78, 5) is 24.8. The molecule has 2 aliphatic rings. The van der Waals surface area contributed by atoms with Crippen LogP contribution in [0.4, 0.5) is 20.2 Å². The van der Waals surface area contributed by atoms with Gasteiger partial charge in [-0.05, 0) is 116 Å². The average Bonchev–Trinajstić information content (AvgIpc) is 4.08. The number of rotatable bonds is 12. The lowest BCUT2D eigenvalue weighted by atomic mass is 10.0. The molecule has 2 heterocycles. The van der Waals surface area contributed by atoms with Crippen LogP contribution in [0, 0.1) is 11.6 Å². The van der Waals surface area contributed by atoms with Crippen molar-refractivity contribution in [2.75, 3.05) is 33.8 Å².